The fourth-order valence-electron chi connectivity index (χ4n) is 1.38. The maximum absolute atomic E-state index is 10.9. The van der Waals surface area contributed by atoms with Crippen LogP contribution in [-0.2, 0) is 0 Å². The van der Waals surface area contributed by atoms with Crippen molar-refractivity contribution in [2.24, 2.45) is 0 Å². The Bertz CT molecular complexity index is 602. The molecular weight excluding hydrogens is 256 g/mol. The van der Waals surface area contributed by atoms with Gasteiger partial charge in [-0.2, -0.15) is 0 Å². The van der Waals surface area contributed by atoms with Gasteiger partial charge in [-0.3, -0.25) is 4.98 Å². The van der Waals surface area contributed by atoms with Gasteiger partial charge >= 0.3 is 5.97 Å². The van der Waals surface area contributed by atoms with Crippen LogP contribution in [-0.4, -0.2) is 21.0 Å². The van der Waals surface area contributed by atoms with E-state index < -0.39 is 5.97 Å². The van der Waals surface area contributed by atoms with Crippen LogP contribution >= 0.6 is 11.6 Å². The highest BCUT2D eigenvalue weighted by molar-refractivity contribution is 6.30. The van der Waals surface area contributed by atoms with Gasteiger partial charge in [0.25, 0.3) is 0 Å². The predicted octanol–water partition coefficient (Wildman–Crippen LogP) is 2.93. The van der Waals surface area contributed by atoms with Crippen molar-refractivity contribution in [1.29, 1.82) is 0 Å². The van der Waals surface area contributed by atoms with E-state index in [0.29, 0.717) is 16.5 Å². The Kier molecular flexibility index (Phi) is 3.43. The van der Waals surface area contributed by atoms with E-state index >= 15 is 0 Å². The molecule has 0 amide bonds. The zero-order valence-electron chi connectivity index (χ0n) is 9.42. The molecule has 1 N–H and O–H groups in total. The summed E-state index contributed by atoms with van der Waals surface area (Å²) in [5.74, 6) is -0.442. The molecule has 0 spiro atoms. The number of aromatic nitrogens is 2. The number of carboxylic acid groups (broad SMARTS) is 1. The van der Waals surface area contributed by atoms with E-state index in [1.54, 1.807) is 13.0 Å². The van der Waals surface area contributed by atoms with Crippen LogP contribution in [0.25, 0.3) is 0 Å². The summed E-state index contributed by atoms with van der Waals surface area (Å²) in [6, 6.07) is 4.38. The molecule has 2 aromatic heterocycles. The van der Waals surface area contributed by atoms with E-state index in [-0.39, 0.29) is 11.4 Å². The highest BCUT2D eigenvalue weighted by Crippen LogP contribution is 2.22. The van der Waals surface area contributed by atoms with Crippen molar-refractivity contribution in [3.8, 4) is 11.6 Å². The van der Waals surface area contributed by atoms with Gasteiger partial charge in [0.05, 0.1) is 16.8 Å². The van der Waals surface area contributed by atoms with Crippen molar-refractivity contribution in [2.75, 3.05) is 0 Å². The highest BCUT2D eigenvalue weighted by atomic mass is 35.5. The molecule has 0 radical (unpaired) electrons. The largest absolute Gasteiger partial charge is 0.478 e. The topological polar surface area (TPSA) is 72.3 Å². The lowest BCUT2D eigenvalue weighted by Crippen LogP contribution is -2.00. The van der Waals surface area contributed by atoms with E-state index in [4.69, 9.17) is 21.4 Å². The lowest BCUT2D eigenvalue weighted by molar-refractivity contribution is 0.0696. The smallest absolute Gasteiger partial charge is 0.335 e. The average Bonchev–Trinajstić information content (AvgIpc) is 2.28. The number of carbonyl (C=O) groups is 1. The van der Waals surface area contributed by atoms with E-state index in [1.807, 2.05) is 0 Å². The molecule has 0 aliphatic heterocycles. The van der Waals surface area contributed by atoms with Gasteiger partial charge in [-0.15, -0.1) is 0 Å². The zero-order chi connectivity index (χ0) is 13.1. The Hall–Kier alpha value is -2.14. The Morgan fingerprint density at radius 3 is 2.78 bits per heavy atom. The maximum atomic E-state index is 10.9. The standard InChI is InChI=1S/C12H9ClN2O3/c1-7-2-8(12(16)17)3-11(15-7)18-10-4-9(13)5-14-6-10/h2-6H,1H3,(H,16,17). The Balaban J connectivity index is 2.31. The Morgan fingerprint density at radius 1 is 1.33 bits per heavy atom. The fourth-order valence-corrected chi connectivity index (χ4v) is 1.55. The summed E-state index contributed by atoms with van der Waals surface area (Å²) in [5, 5.41) is 9.36. The third kappa shape index (κ3) is 2.95. The van der Waals surface area contributed by atoms with Crippen LogP contribution < -0.4 is 4.74 Å². The molecule has 2 aromatic rings. The molecule has 6 heteroatoms. The number of aromatic carboxylic acids is 1. The summed E-state index contributed by atoms with van der Waals surface area (Å²) >= 11 is 5.77. The highest BCUT2D eigenvalue weighted by Gasteiger charge is 2.08. The summed E-state index contributed by atoms with van der Waals surface area (Å²) in [6.45, 7) is 1.69. The van der Waals surface area contributed by atoms with Crippen molar-refractivity contribution in [3.63, 3.8) is 0 Å². The number of ether oxygens (including phenoxy) is 1. The molecule has 0 aliphatic carbocycles. The number of nitrogens with zero attached hydrogens (tertiary/aromatic N) is 2. The van der Waals surface area contributed by atoms with Crippen LogP contribution in [0.3, 0.4) is 0 Å². The van der Waals surface area contributed by atoms with Crippen LogP contribution in [0.2, 0.25) is 5.02 Å². The van der Waals surface area contributed by atoms with Crippen molar-refractivity contribution in [2.45, 2.75) is 6.92 Å². The molecule has 0 aliphatic rings. The van der Waals surface area contributed by atoms with Gasteiger partial charge in [0.1, 0.15) is 5.75 Å². The number of hydrogen-bond acceptors (Lipinski definition) is 4. The van der Waals surface area contributed by atoms with E-state index in [9.17, 15) is 4.79 Å². The minimum absolute atomic E-state index is 0.118. The molecule has 5 nitrogen and oxygen atoms in total. The van der Waals surface area contributed by atoms with Crippen molar-refractivity contribution < 1.29 is 14.6 Å². The third-order valence-electron chi connectivity index (χ3n) is 2.08. The molecule has 2 heterocycles. The van der Waals surface area contributed by atoms with Crippen molar-refractivity contribution >= 4 is 17.6 Å². The second-order valence-electron chi connectivity index (χ2n) is 3.58. The molecule has 0 bridgehead atoms. The average molecular weight is 265 g/mol. The molecule has 2 rings (SSSR count). The quantitative estimate of drug-likeness (QED) is 0.923. The number of carboxylic acids is 1. The molecule has 92 valence electrons. The first kappa shape index (κ1) is 12.3. The van der Waals surface area contributed by atoms with Crippen LogP contribution in [0.1, 0.15) is 16.1 Å². The first-order valence-corrected chi connectivity index (χ1v) is 5.43. The summed E-state index contributed by atoms with van der Waals surface area (Å²) in [4.78, 5) is 18.8. The van der Waals surface area contributed by atoms with Gasteiger partial charge in [-0.1, -0.05) is 11.6 Å². The Morgan fingerprint density at radius 2 is 2.11 bits per heavy atom. The lowest BCUT2D eigenvalue weighted by atomic mass is 10.2. The summed E-state index contributed by atoms with van der Waals surface area (Å²) in [5.41, 5.74) is 0.673. The van der Waals surface area contributed by atoms with Crippen LogP contribution in [0.5, 0.6) is 11.6 Å². The molecule has 0 aromatic carbocycles. The maximum Gasteiger partial charge on any atom is 0.335 e. The van der Waals surface area contributed by atoms with Crippen LogP contribution in [0.15, 0.2) is 30.6 Å². The number of rotatable bonds is 3. The molecular formula is C12H9ClN2O3. The van der Waals surface area contributed by atoms with Gasteiger partial charge in [-0.05, 0) is 13.0 Å². The minimum atomic E-state index is -1.03. The number of aryl methyl sites for hydroxylation is 1. The second-order valence-corrected chi connectivity index (χ2v) is 4.02. The normalized spacial score (nSPS) is 10.1. The lowest BCUT2D eigenvalue weighted by Gasteiger charge is -2.06. The molecule has 0 saturated heterocycles. The Labute approximate surface area is 108 Å². The first-order valence-electron chi connectivity index (χ1n) is 5.05. The summed E-state index contributed by atoms with van der Waals surface area (Å²) < 4.78 is 5.41. The predicted molar refractivity (Wildman–Crippen MR) is 65.3 cm³/mol. The monoisotopic (exact) mass is 264 g/mol. The number of halogens is 1. The minimum Gasteiger partial charge on any atom is -0.478 e. The van der Waals surface area contributed by atoms with Gasteiger partial charge < -0.3 is 9.84 Å². The van der Waals surface area contributed by atoms with E-state index in [2.05, 4.69) is 9.97 Å². The third-order valence-corrected chi connectivity index (χ3v) is 2.29. The summed E-state index contributed by atoms with van der Waals surface area (Å²) in [7, 11) is 0. The van der Waals surface area contributed by atoms with Crippen LogP contribution in [0.4, 0.5) is 0 Å². The van der Waals surface area contributed by atoms with Crippen molar-refractivity contribution in [3.05, 3.63) is 46.9 Å². The van der Waals surface area contributed by atoms with E-state index in [0.717, 1.165) is 0 Å². The second kappa shape index (κ2) is 5.01. The summed E-state index contributed by atoms with van der Waals surface area (Å²) in [6.07, 6.45) is 2.94. The van der Waals surface area contributed by atoms with Gasteiger partial charge in [0, 0.05) is 24.0 Å². The molecule has 0 atom stereocenters. The molecule has 0 saturated carbocycles. The van der Waals surface area contributed by atoms with Gasteiger partial charge in [0.15, 0.2) is 0 Å². The zero-order valence-corrected chi connectivity index (χ0v) is 10.2. The first-order chi connectivity index (χ1) is 8.54. The molecule has 0 unspecified atom stereocenters. The fraction of sp³-hybridized carbons (Fsp3) is 0.0833. The molecule has 18 heavy (non-hydrogen) atoms. The SMILES string of the molecule is Cc1cc(C(=O)O)cc(Oc2cncc(Cl)c2)n1. The van der Waals surface area contributed by atoms with Gasteiger partial charge in [0.2, 0.25) is 5.88 Å². The van der Waals surface area contributed by atoms with Gasteiger partial charge in [-0.25, -0.2) is 9.78 Å². The van der Waals surface area contributed by atoms with Crippen LogP contribution in [0, 0.1) is 6.92 Å². The van der Waals surface area contributed by atoms with Crippen molar-refractivity contribution in [1.82, 2.24) is 9.97 Å². The molecule has 0 fully saturated rings. The van der Waals surface area contributed by atoms with E-state index in [1.165, 1.54) is 24.5 Å². The number of hydrogen-bond donors (Lipinski definition) is 1. The number of pyridine rings is 2.